The lowest BCUT2D eigenvalue weighted by Gasteiger charge is -2.21. The lowest BCUT2D eigenvalue weighted by molar-refractivity contribution is 0.414. The molecule has 0 fully saturated rings. The Hall–Kier alpha value is -1.30. The first-order valence-electron chi connectivity index (χ1n) is 6.68. The van der Waals surface area contributed by atoms with Gasteiger partial charge in [0.15, 0.2) is 0 Å². The molecule has 1 aromatic heterocycles. The third-order valence-corrected chi connectivity index (χ3v) is 4.67. The zero-order valence-corrected chi connectivity index (χ0v) is 14.1. The molecular weight excluding hydrogens is 363 g/mol. The topological polar surface area (TPSA) is 25.4 Å². The first-order valence-corrected chi connectivity index (χ1v) is 7.76. The van der Waals surface area contributed by atoms with Gasteiger partial charge in [0.2, 0.25) is 0 Å². The van der Waals surface area contributed by atoms with Gasteiger partial charge in [-0.2, -0.15) is 0 Å². The molecule has 0 aliphatic carbocycles. The number of benzene rings is 1. The van der Waals surface area contributed by atoms with E-state index in [9.17, 15) is 0 Å². The van der Waals surface area contributed by atoms with E-state index < -0.39 is 0 Å². The number of methoxy groups -OCH3 is 1. The summed E-state index contributed by atoms with van der Waals surface area (Å²) in [5.74, 6) is 2.01. The molecule has 1 aliphatic heterocycles. The number of hydrogen-bond acceptors (Lipinski definition) is 3. The highest BCUT2D eigenvalue weighted by Gasteiger charge is 2.25. The van der Waals surface area contributed by atoms with Crippen molar-refractivity contribution < 1.29 is 4.74 Å². The van der Waals surface area contributed by atoms with Crippen molar-refractivity contribution in [1.82, 2.24) is 4.98 Å². The molecule has 0 amide bonds. The Kier molecular flexibility index (Phi) is 3.58. The number of hydrogen-bond donors (Lipinski definition) is 0. The van der Waals surface area contributed by atoms with Crippen LogP contribution in [0.15, 0.2) is 24.3 Å². The van der Waals surface area contributed by atoms with Crippen LogP contribution in [-0.2, 0) is 6.42 Å². The molecule has 104 valence electrons. The molecule has 0 spiro atoms. The summed E-state index contributed by atoms with van der Waals surface area (Å²) in [6, 6.07) is 8.37. The van der Waals surface area contributed by atoms with Crippen molar-refractivity contribution in [3.05, 3.63) is 44.7 Å². The Morgan fingerprint density at radius 3 is 2.75 bits per heavy atom. The van der Waals surface area contributed by atoms with Gasteiger partial charge in [-0.05, 0) is 72.7 Å². The third kappa shape index (κ3) is 2.26. The van der Waals surface area contributed by atoms with Gasteiger partial charge in [-0.3, -0.25) is 0 Å². The minimum absolute atomic E-state index is 0.900. The number of rotatable bonds is 2. The quantitative estimate of drug-likeness (QED) is 0.737. The minimum atomic E-state index is 0.900. The van der Waals surface area contributed by atoms with Crippen LogP contribution >= 0.6 is 22.6 Å². The van der Waals surface area contributed by atoms with E-state index in [0.29, 0.717) is 0 Å². The summed E-state index contributed by atoms with van der Waals surface area (Å²) in [7, 11) is 1.70. The molecule has 3 nitrogen and oxygen atoms in total. The first kappa shape index (κ1) is 13.7. The van der Waals surface area contributed by atoms with Gasteiger partial charge in [0.1, 0.15) is 11.6 Å². The fourth-order valence-corrected chi connectivity index (χ4v) is 3.68. The zero-order valence-electron chi connectivity index (χ0n) is 11.9. The molecule has 1 aliphatic rings. The predicted octanol–water partition coefficient (Wildman–Crippen LogP) is 4.01. The molecule has 3 rings (SSSR count). The summed E-state index contributed by atoms with van der Waals surface area (Å²) in [5, 5.41) is 0. The SMILES string of the molecule is COc1ccc(N2CCc3c(I)cc(C)nc32)c(C)c1. The van der Waals surface area contributed by atoms with Crippen molar-refractivity contribution in [2.45, 2.75) is 20.3 Å². The van der Waals surface area contributed by atoms with E-state index in [1.54, 1.807) is 7.11 Å². The molecule has 1 aromatic carbocycles. The van der Waals surface area contributed by atoms with Crippen molar-refractivity contribution in [2.24, 2.45) is 0 Å². The van der Waals surface area contributed by atoms with Crippen LogP contribution < -0.4 is 9.64 Å². The Bertz CT molecular complexity index is 670. The van der Waals surface area contributed by atoms with Crippen molar-refractivity contribution >= 4 is 34.1 Å². The number of fused-ring (bicyclic) bond motifs is 1. The van der Waals surface area contributed by atoms with Crippen molar-refractivity contribution in [1.29, 1.82) is 0 Å². The lowest BCUT2D eigenvalue weighted by atomic mass is 10.1. The maximum atomic E-state index is 5.29. The highest BCUT2D eigenvalue weighted by Crippen LogP contribution is 2.37. The van der Waals surface area contributed by atoms with Crippen LogP contribution in [0.1, 0.15) is 16.8 Å². The van der Waals surface area contributed by atoms with E-state index >= 15 is 0 Å². The molecule has 2 aromatic rings. The van der Waals surface area contributed by atoms with Gasteiger partial charge >= 0.3 is 0 Å². The maximum Gasteiger partial charge on any atom is 0.137 e. The summed E-state index contributed by atoms with van der Waals surface area (Å²) in [6.45, 7) is 5.17. The lowest BCUT2D eigenvalue weighted by Crippen LogP contribution is -2.15. The second-order valence-electron chi connectivity index (χ2n) is 5.10. The van der Waals surface area contributed by atoms with Crippen LogP contribution in [0.5, 0.6) is 5.75 Å². The summed E-state index contributed by atoms with van der Waals surface area (Å²) < 4.78 is 6.60. The Labute approximate surface area is 133 Å². The van der Waals surface area contributed by atoms with Crippen LogP contribution in [0, 0.1) is 17.4 Å². The van der Waals surface area contributed by atoms with Gasteiger partial charge in [0, 0.05) is 27.1 Å². The predicted molar refractivity (Wildman–Crippen MR) is 90.1 cm³/mol. The fraction of sp³-hybridized carbons (Fsp3) is 0.312. The average molecular weight is 380 g/mol. The highest BCUT2D eigenvalue weighted by atomic mass is 127. The number of ether oxygens (including phenoxy) is 1. The maximum absolute atomic E-state index is 5.29. The molecule has 0 saturated carbocycles. The molecule has 0 bridgehead atoms. The number of halogens is 1. The summed E-state index contributed by atoms with van der Waals surface area (Å²) in [5.41, 5.74) is 4.88. The van der Waals surface area contributed by atoms with E-state index in [2.05, 4.69) is 59.5 Å². The molecule has 0 unspecified atom stereocenters. The molecule has 0 N–H and O–H groups in total. The van der Waals surface area contributed by atoms with Crippen LogP contribution in [-0.4, -0.2) is 18.6 Å². The van der Waals surface area contributed by atoms with Crippen molar-refractivity contribution in [3.63, 3.8) is 0 Å². The van der Waals surface area contributed by atoms with Crippen molar-refractivity contribution in [2.75, 3.05) is 18.6 Å². The molecule has 0 saturated heterocycles. The van der Waals surface area contributed by atoms with Crippen LogP contribution in [0.2, 0.25) is 0 Å². The monoisotopic (exact) mass is 380 g/mol. The second-order valence-corrected chi connectivity index (χ2v) is 6.26. The Morgan fingerprint density at radius 2 is 2.05 bits per heavy atom. The molecule has 4 heteroatoms. The van der Waals surface area contributed by atoms with E-state index in [0.717, 1.165) is 30.2 Å². The van der Waals surface area contributed by atoms with Gasteiger partial charge < -0.3 is 9.64 Å². The fourth-order valence-electron chi connectivity index (χ4n) is 2.72. The normalized spacial score (nSPS) is 13.5. The number of anilines is 2. The summed E-state index contributed by atoms with van der Waals surface area (Å²) >= 11 is 2.41. The number of nitrogens with zero attached hydrogens (tertiary/aromatic N) is 2. The summed E-state index contributed by atoms with van der Waals surface area (Å²) in [4.78, 5) is 7.06. The standard InChI is InChI=1S/C16H17IN2O/c1-10-8-12(20-3)4-5-15(10)19-7-6-13-14(17)9-11(2)18-16(13)19/h4-5,8-9H,6-7H2,1-3H3. The molecule has 0 radical (unpaired) electrons. The van der Waals surface area contributed by atoms with Crippen molar-refractivity contribution in [3.8, 4) is 5.75 Å². The van der Waals surface area contributed by atoms with Gasteiger partial charge in [-0.15, -0.1) is 0 Å². The molecule has 0 atom stereocenters. The van der Waals surface area contributed by atoms with Crippen LogP contribution in [0.25, 0.3) is 0 Å². The van der Waals surface area contributed by atoms with Gasteiger partial charge in [0.25, 0.3) is 0 Å². The molecule has 20 heavy (non-hydrogen) atoms. The van der Waals surface area contributed by atoms with Crippen LogP contribution in [0.3, 0.4) is 0 Å². The Morgan fingerprint density at radius 1 is 1.25 bits per heavy atom. The van der Waals surface area contributed by atoms with E-state index in [4.69, 9.17) is 9.72 Å². The molecular formula is C16H17IN2O. The smallest absolute Gasteiger partial charge is 0.137 e. The van der Waals surface area contributed by atoms with E-state index in [-0.39, 0.29) is 0 Å². The number of aromatic nitrogens is 1. The van der Waals surface area contributed by atoms with Gasteiger partial charge in [-0.25, -0.2) is 4.98 Å². The number of pyridine rings is 1. The first-order chi connectivity index (χ1) is 9.60. The van der Waals surface area contributed by atoms with Crippen LogP contribution in [0.4, 0.5) is 11.5 Å². The number of aryl methyl sites for hydroxylation is 2. The largest absolute Gasteiger partial charge is 0.497 e. The minimum Gasteiger partial charge on any atom is -0.497 e. The summed E-state index contributed by atoms with van der Waals surface area (Å²) in [6.07, 6.45) is 1.06. The van der Waals surface area contributed by atoms with E-state index in [1.165, 1.54) is 20.4 Å². The zero-order chi connectivity index (χ0) is 14.3. The highest BCUT2D eigenvalue weighted by molar-refractivity contribution is 14.1. The third-order valence-electron chi connectivity index (χ3n) is 3.71. The average Bonchev–Trinajstić information content (AvgIpc) is 2.82. The van der Waals surface area contributed by atoms with Gasteiger partial charge in [0.05, 0.1) is 7.11 Å². The van der Waals surface area contributed by atoms with Gasteiger partial charge in [-0.1, -0.05) is 0 Å². The Balaban J connectivity index is 2.07. The molecule has 2 heterocycles. The van der Waals surface area contributed by atoms with E-state index in [1.807, 2.05) is 6.07 Å². The second kappa shape index (κ2) is 5.24.